The van der Waals surface area contributed by atoms with Crippen molar-refractivity contribution in [3.63, 3.8) is 0 Å². The third-order valence-corrected chi connectivity index (χ3v) is 7.19. The van der Waals surface area contributed by atoms with Crippen molar-refractivity contribution in [2.75, 3.05) is 17.9 Å². The number of hydrogen-bond acceptors (Lipinski definition) is 3. The SMILES string of the molecule is CC[C@@H](CNC(=O)c1ccc(N(C)S(=O)(=O)c2ccccc2)cc1)Cc1ccccc1. The van der Waals surface area contributed by atoms with Gasteiger partial charge < -0.3 is 5.32 Å². The molecule has 1 amide bonds. The maximum Gasteiger partial charge on any atom is 0.264 e. The molecular weight excluding hydrogens is 408 g/mol. The fraction of sp³-hybridized carbons (Fsp3) is 0.240. The number of anilines is 1. The summed E-state index contributed by atoms with van der Waals surface area (Å²) in [6, 6.07) is 25.1. The molecule has 0 aliphatic carbocycles. The van der Waals surface area contributed by atoms with Crippen LogP contribution in [0.5, 0.6) is 0 Å². The fourth-order valence-corrected chi connectivity index (χ4v) is 4.58. The van der Waals surface area contributed by atoms with E-state index in [-0.39, 0.29) is 10.8 Å². The molecule has 0 radical (unpaired) electrons. The zero-order valence-corrected chi connectivity index (χ0v) is 18.7. The lowest BCUT2D eigenvalue weighted by Crippen LogP contribution is -2.30. The Bertz CT molecular complexity index is 1080. The number of nitrogens with one attached hydrogen (secondary N) is 1. The molecule has 0 aliphatic heterocycles. The van der Waals surface area contributed by atoms with Gasteiger partial charge in [-0.1, -0.05) is 61.9 Å². The number of nitrogens with zero attached hydrogens (tertiary/aromatic N) is 1. The molecule has 1 N–H and O–H groups in total. The van der Waals surface area contributed by atoms with E-state index < -0.39 is 10.0 Å². The van der Waals surface area contributed by atoms with E-state index in [2.05, 4.69) is 24.4 Å². The van der Waals surface area contributed by atoms with Crippen LogP contribution in [0, 0.1) is 5.92 Å². The van der Waals surface area contributed by atoms with Crippen molar-refractivity contribution >= 4 is 21.6 Å². The summed E-state index contributed by atoms with van der Waals surface area (Å²) in [6.45, 7) is 2.71. The van der Waals surface area contributed by atoms with Crippen LogP contribution >= 0.6 is 0 Å². The number of rotatable bonds is 9. The lowest BCUT2D eigenvalue weighted by Gasteiger charge is -2.20. The van der Waals surface area contributed by atoms with E-state index in [0.717, 1.165) is 12.8 Å². The summed E-state index contributed by atoms with van der Waals surface area (Å²) in [5.74, 6) is 0.194. The summed E-state index contributed by atoms with van der Waals surface area (Å²) in [6.07, 6.45) is 1.88. The highest BCUT2D eigenvalue weighted by molar-refractivity contribution is 7.92. The van der Waals surface area contributed by atoms with Crippen LogP contribution < -0.4 is 9.62 Å². The molecule has 0 saturated carbocycles. The number of amides is 1. The van der Waals surface area contributed by atoms with Crippen molar-refractivity contribution < 1.29 is 13.2 Å². The number of benzene rings is 3. The van der Waals surface area contributed by atoms with E-state index >= 15 is 0 Å². The second-order valence-electron chi connectivity index (χ2n) is 7.51. The molecule has 162 valence electrons. The summed E-state index contributed by atoms with van der Waals surface area (Å²) in [4.78, 5) is 12.8. The molecule has 0 fully saturated rings. The van der Waals surface area contributed by atoms with E-state index in [1.807, 2.05) is 18.2 Å². The summed E-state index contributed by atoms with van der Waals surface area (Å²) in [7, 11) is -2.14. The molecule has 3 aromatic rings. The molecule has 0 aliphatic rings. The first-order valence-corrected chi connectivity index (χ1v) is 11.8. The third-order valence-electron chi connectivity index (χ3n) is 5.39. The molecule has 3 aromatic carbocycles. The minimum absolute atomic E-state index is 0.161. The Morgan fingerprint density at radius 3 is 2.06 bits per heavy atom. The van der Waals surface area contributed by atoms with Gasteiger partial charge in [-0.3, -0.25) is 9.10 Å². The average molecular weight is 437 g/mol. The molecular formula is C25H28N2O3S. The van der Waals surface area contributed by atoms with Gasteiger partial charge in [0.1, 0.15) is 0 Å². The van der Waals surface area contributed by atoms with E-state index in [1.54, 1.807) is 54.6 Å². The van der Waals surface area contributed by atoms with Crippen LogP contribution in [-0.2, 0) is 16.4 Å². The lowest BCUT2D eigenvalue weighted by atomic mass is 9.97. The first kappa shape index (κ1) is 22.6. The Morgan fingerprint density at radius 2 is 1.48 bits per heavy atom. The summed E-state index contributed by atoms with van der Waals surface area (Å²) in [5, 5.41) is 3.00. The highest BCUT2D eigenvalue weighted by Crippen LogP contribution is 2.22. The number of hydrogen-bond donors (Lipinski definition) is 1. The molecule has 0 saturated heterocycles. The van der Waals surface area contributed by atoms with Gasteiger partial charge in [-0.25, -0.2) is 8.42 Å². The predicted molar refractivity (Wildman–Crippen MR) is 125 cm³/mol. The zero-order valence-electron chi connectivity index (χ0n) is 17.9. The van der Waals surface area contributed by atoms with Crippen molar-refractivity contribution in [2.45, 2.75) is 24.7 Å². The van der Waals surface area contributed by atoms with Crippen LogP contribution in [-0.4, -0.2) is 27.9 Å². The molecule has 0 aromatic heterocycles. The fourth-order valence-electron chi connectivity index (χ4n) is 3.36. The van der Waals surface area contributed by atoms with Crippen molar-refractivity contribution in [3.05, 3.63) is 96.1 Å². The Labute approximate surface area is 184 Å². The molecule has 0 heterocycles. The van der Waals surface area contributed by atoms with Gasteiger partial charge in [-0.05, 0) is 54.3 Å². The second-order valence-corrected chi connectivity index (χ2v) is 9.48. The van der Waals surface area contributed by atoms with E-state index in [9.17, 15) is 13.2 Å². The Hall–Kier alpha value is -3.12. The van der Waals surface area contributed by atoms with Gasteiger partial charge in [-0.2, -0.15) is 0 Å². The molecule has 31 heavy (non-hydrogen) atoms. The molecule has 3 rings (SSSR count). The number of carbonyl (C=O) groups excluding carboxylic acids is 1. The standard InChI is InChI=1S/C25H28N2O3S/c1-3-20(18-21-10-6-4-7-11-21)19-26-25(28)22-14-16-23(17-15-22)27(2)31(29,30)24-12-8-5-9-13-24/h4-17,20H,3,18-19H2,1-2H3,(H,26,28)/t20-/m1/s1. The molecule has 0 spiro atoms. The van der Waals surface area contributed by atoms with Gasteiger partial charge in [-0.15, -0.1) is 0 Å². The van der Waals surface area contributed by atoms with Crippen LogP contribution in [0.3, 0.4) is 0 Å². The van der Waals surface area contributed by atoms with Crippen molar-refractivity contribution in [1.82, 2.24) is 5.32 Å². The third kappa shape index (κ3) is 5.73. The monoisotopic (exact) mass is 436 g/mol. The Morgan fingerprint density at radius 1 is 0.903 bits per heavy atom. The van der Waals surface area contributed by atoms with Gasteiger partial charge in [0.05, 0.1) is 10.6 Å². The highest BCUT2D eigenvalue weighted by Gasteiger charge is 2.21. The van der Waals surface area contributed by atoms with Gasteiger partial charge >= 0.3 is 0 Å². The van der Waals surface area contributed by atoms with Crippen LogP contribution in [0.1, 0.15) is 29.3 Å². The zero-order chi connectivity index (χ0) is 22.3. The normalized spacial score (nSPS) is 12.2. The smallest absolute Gasteiger partial charge is 0.264 e. The first-order chi connectivity index (χ1) is 14.9. The van der Waals surface area contributed by atoms with Crippen molar-refractivity contribution in [2.24, 2.45) is 5.92 Å². The summed E-state index contributed by atoms with van der Waals surface area (Å²) >= 11 is 0. The minimum Gasteiger partial charge on any atom is -0.352 e. The molecule has 0 unspecified atom stereocenters. The van der Waals surface area contributed by atoms with Gasteiger partial charge in [0.15, 0.2) is 0 Å². The van der Waals surface area contributed by atoms with E-state index in [1.165, 1.54) is 16.9 Å². The predicted octanol–water partition coefficient (Wildman–Crippen LogP) is 4.51. The van der Waals surface area contributed by atoms with Crippen molar-refractivity contribution in [3.8, 4) is 0 Å². The molecule has 0 bridgehead atoms. The number of sulfonamides is 1. The van der Waals surface area contributed by atoms with Crippen LogP contribution in [0.4, 0.5) is 5.69 Å². The lowest BCUT2D eigenvalue weighted by molar-refractivity contribution is 0.0946. The van der Waals surface area contributed by atoms with Gasteiger partial charge in [0, 0.05) is 19.2 Å². The van der Waals surface area contributed by atoms with Gasteiger partial charge in [0.25, 0.3) is 15.9 Å². The highest BCUT2D eigenvalue weighted by atomic mass is 32.2. The number of carbonyl (C=O) groups is 1. The van der Waals surface area contributed by atoms with Crippen LogP contribution in [0.15, 0.2) is 89.8 Å². The largest absolute Gasteiger partial charge is 0.352 e. The second kappa shape index (κ2) is 10.3. The minimum atomic E-state index is -3.65. The van der Waals surface area contributed by atoms with Crippen LogP contribution in [0.25, 0.3) is 0 Å². The summed E-state index contributed by atoms with van der Waals surface area (Å²) in [5.41, 5.74) is 2.26. The molecule has 1 atom stereocenters. The Kier molecular flexibility index (Phi) is 7.47. The van der Waals surface area contributed by atoms with Crippen molar-refractivity contribution in [1.29, 1.82) is 0 Å². The van der Waals surface area contributed by atoms with E-state index in [4.69, 9.17) is 0 Å². The quantitative estimate of drug-likeness (QED) is 0.537. The molecule has 6 heteroatoms. The van der Waals surface area contributed by atoms with Gasteiger partial charge in [0.2, 0.25) is 0 Å². The Balaban J connectivity index is 1.62. The first-order valence-electron chi connectivity index (χ1n) is 10.4. The topological polar surface area (TPSA) is 66.5 Å². The van der Waals surface area contributed by atoms with Crippen LogP contribution in [0.2, 0.25) is 0 Å². The van der Waals surface area contributed by atoms with E-state index in [0.29, 0.717) is 23.7 Å². The maximum atomic E-state index is 12.8. The molecule has 5 nitrogen and oxygen atoms in total. The maximum absolute atomic E-state index is 12.8. The average Bonchev–Trinajstić information content (AvgIpc) is 2.82. The summed E-state index contributed by atoms with van der Waals surface area (Å²) < 4.78 is 26.7.